The first-order valence-corrected chi connectivity index (χ1v) is 7.17. The van der Waals surface area contributed by atoms with Crippen molar-refractivity contribution >= 4 is 5.69 Å². The average Bonchev–Trinajstić information content (AvgIpc) is 2.67. The summed E-state index contributed by atoms with van der Waals surface area (Å²) in [7, 11) is 2.07. The minimum absolute atomic E-state index is 0.537. The summed E-state index contributed by atoms with van der Waals surface area (Å²) < 4.78 is 0. The van der Waals surface area contributed by atoms with Crippen LogP contribution in [-0.2, 0) is 6.42 Å². The third-order valence-electron chi connectivity index (χ3n) is 4.22. The van der Waals surface area contributed by atoms with Crippen molar-refractivity contribution in [1.82, 2.24) is 10.3 Å². The highest BCUT2D eigenvalue weighted by Crippen LogP contribution is 2.27. The van der Waals surface area contributed by atoms with E-state index in [4.69, 9.17) is 5.73 Å². The number of nitrogens with one attached hydrogen (secondary N) is 1. The van der Waals surface area contributed by atoms with Crippen molar-refractivity contribution < 1.29 is 0 Å². The van der Waals surface area contributed by atoms with E-state index in [0.29, 0.717) is 6.04 Å². The second-order valence-electron chi connectivity index (χ2n) is 5.43. The van der Waals surface area contributed by atoms with Crippen molar-refractivity contribution in [1.29, 1.82) is 0 Å². The van der Waals surface area contributed by atoms with Gasteiger partial charge in [-0.3, -0.25) is 4.98 Å². The van der Waals surface area contributed by atoms with Crippen molar-refractivity contribution in [2.45, 2.75) is 51.0 Å². The van der Waals surface area contributed by atoms with Gasteiger partial charge in [-0.15, -0.1) is 0 Å². The number of hydrogen-bond acceptors (Lipinski definition) is 3. The van der Waals surface area contributed by atoms with E-state index in [0.717, 1.165) is 18.0 Å². The average molecular weight is 247 g/mol. The van der Waals surface area contributed by atoms with Gasteiger partial charge in [0.15, 0.2) is 0 Å². The summed E-state index contributed by atoms with van der Waals surface area (Å²) in [6.07, 6.45) is 13.0. The van der Waals surface area contributed by atoms with Crippen molar-refractivity contribution in [3.05, 3.63) is 24.0 Å². The van der Waals surface area contributed by atoms with Crippen LogP contribution in [0.4, 0.5) is 5.69 Å². The fourth-order valence-electron chi connectivity index (χ4n) is 3.06. The molecule has 1 aromatic heterocycles. The topological polar surface area (TPSA) is 50.9 Å². The Morgan fingerprint density at radius 3 is 2.67 bits per heavy atom. The van der Waals surface area contributed by atoms with Gasteiger partial charge in [-0.25, -0.2) is 0 Å². The largest absolute Gasteiger partial charge is 0.398 e. The first-order valence-electron chi connectivity index (χ1n) is 7.17. The van der Waals surface area contributed by atoms with Crippen LogP contribution in [0.25, 0.3) is 0 Å². The zero-order chi connectivity index (χ0) is 12.8. The van der Waals surface area contributed by atoms with Gasteiger partial charge in [-0.05, 0) is 43.9 Å². The van der Waals surface area contributed by atoms with E-state index in [1.54, 1.807) is 6.20 Å². The Bertz CT molecular complexity index is 357. The Balaban J connectivity index is 2.02. The van der Waals surface area contributed by atoms with Crippen LogP contribution in [0.5, 0.6) is 0 Å². The molecule has 0 amide bonds. The number of anilines is 1. The third kappa shape index (κ3) is 3.45. The molecule has 0 aromatic carbocycles. The van der Waals surface area contributed by atoms with Gasteiger partial charge in [0.2, 0.25) is 0 Å². The first kappa shape index (κ1) is 13.3. The van der Waals surface area contributed by atoms with Crippen molar-refractivity contribution in [2.24, 2.45) is 5.92 Å². The SMILES string of the molecule is CNC(Cc1cnccc1N)C1CCCCCC1. The number of rotatable bonds is 4. The normalized spacial score (nSPS) is 19.4. The summed E-state index contributed by atoms with van der Waals surface area (Å²) in [5.41, 5.74) is 8.07. The summed E-state index contributed by atoms with van der Waals surface area (Å²) in [5.74, 6) is 0.789. The Morgan fingerprint density at radius 2 is 2.06 bits per heavy atom. The predicted octanol–water partition coefficient (Wildman–Crippen LogP) is 2.76. The van der Waals surface area contributed by atoms with Gasteiger partial charge < -0.3 is 11.1 Å². The molecule has 3 N–H and O–H groups in total. The molecule has 0 bridgehead atoms. The van der Waals surface area contributed by atoms with Crippen LogP contribution in [0.2, 0.25) is 0 Å². The fourth-order valence-corrected chi connectivity index (χ4v) is 3.06. The smallest absolute Gasteiger partial charge is 0.0378 e. The van der Waals surface area contributed by atoms with Crippen LogP contribution in [0.3, 0.4) is 0 Å². The lowest BCUT2D eigenvalue weighted by atomic mass is 9.88. The summed E-state index contributed by atoms with van der Waals surface area (Å²) in [6, 6.07) is 2.43. The maximum absolute atomic E-state index is 6.02. The number of nitrogens with zero attached hydrogens (tertiary/aromatic N) is 1. The maximum Gasteiger partial charge on any atom is 0.0378 e. The minimum atomic E-state index is 0.537. The molecule has 1 aliphatic rings. The molecule has 0 aliphatic heterocycles. The molecule has 3 nitrogen and oxygen atoms in total. The molecular weight excluding hydrogens is 222 g/mol. The molecule has 3 heteroatoms. The lowest BCUT2D eigenvalue weighted by molar-refractivity contribution is 0.332. The standard InChI is InChI=1S/C15H25N3/c1-17-15(12-6-4-2-3-5-7-12)10-13-11-18-9-8-14(13)16/h8-9,11-12,15,17H,2-7,10H2,1H3,(H2,16,18). The molecule has 1 aliphatic carbocycles. The third-order valence-corrected chi connectivity index (χ3v) is 4.22. The van der Waals surface area contributed by atoms with Crippen molar-refractivity contribution in [3.8, 4) is 0 Å². The molecule has 2 rings (SSSR count). The zero-order valence-electron chi connectivity index (χ0n) is 11.4. The van der Waals surface area contributed by atoms with Crippen molar-refractivity contribution in [3.63, 3.8) is 0 Å². The lowest BCUT2D eigenvalue weighted by Crippen LogP contribution is -2.35. The number of aromatic nitrogens is 1. The summed E-state index contributed by atoms with van der Waals surface area (Å²) in [5, 5.41) is 3.49. The lowest BCUT2D eigenvalue weighted by Gasteiger charge is -2.26. The van der Waals surface area contributed by atoms with Gasteiger partial charge in [0.25, 0.3) is 0 Å². The predicted molar refractivity (Wildman–Crippen MR) is 76.4 cm³/mol. The van der Waals surface area contributed by atoms with Gasteiger partial charge in [-0.1, -0.05) is 25.7 Å². The molecule has 1 atom stereocenters. The highest BCUT2D eigenvalue weighted by atomic mass is 14.9. The number of nitrogens with two attached hydrogens (primary N) is 1. The number of hydrogen-bond donors (Lipinski definition) is 2. The number of nitrogen functional groups attached to an aromatic ring is 1. The summed E-state index contributed by atoms with van der Waals surface area (Å²) in [4.78, 5) is 4.19. The second kappa shape index (κ2) is 6.74. The van der Waals surface area contributed by atoms with Crippen LogP contribution < -0.4 is 11.1 Å². The van der Waals surface area contributed by atoms with E-state index in [1.807, 2.05) is 12.3 Å². The van der Waals surface area contributed by atoms with Gasteiger partial charge >= 0.3 is 0 Å². The number of likely N-dealkylation sites (N-methyl/N-ethyl adjacent to an activating group) is 1. The van der Waals surface area contributed by atoms with E-state index >= 15 is 0 Å². The second-order valence-corrected chi connectivity index (χ2v) is 5.43. The van der Waals surface area contributed by atoms with E-state index in [-0.39, 0.29) is 0 Å². The van der Waals surface area contributed by atoms with Crippen LogP contribution >= 0.6 is 0 Å². The molecule has 1 aromatic rings. The van der Waals surface area contributed by atoms with E-state index < -0.39 is 0 Å². The highest BCUT2D eigenvalue weighted by molar-refractivity contribution is 5.44. The Hall–Kier alpha value is -1.09. The van der Waals surface area contributed by atoms with Crippen molar-refractivity contribution in [2.75, 3.05) is 12.8 Å². The van der Waals surface area contributed by atoms with E-state index in [2.05, 4.69) is 17.3 Å². The molecule has 100 valence electrons. The molecule has 1 fully saturated rings. The zero-order valence-corrected chi connectivity index (χ0v) is 11.4. The minimum Gasteiger partial charge on any atom is -0.398 e. The first-order chi connectivity index (χ1) is 8.81. The monoisotopic (exact) mass is 247 g/mol. The van der Waals surface area contributed by atoms with Gasteiger partial charge in [0.1, 0.15) is 0 Å². The molecule has 0 radical (unpaired) electrons. The van der Waals surface area contributed by atoms with Gasteiger partial charge in [0, 0.05) is 24.1 Å². The van der Waals surface area contributed by atoms with Crippen LogP contribution in [0.15, 0.2) is 18.5 Å². The number of pyridine rings is 1. The summed E-state index contributed by atoms with van der Waals surface area (Å²) in [6.45, 7) is 0. The quantitative estimate of drug-likeness (QED) is 0.804. The van der Waals surface area contributed by atoms with Crippen LogP contribution in [0.1, 0.15) is 44.1 Å². The van der Waals surface area contributed by atoms with Gasteiger partial charge in [0.05, 0.1) is 0 Å². The Kier molecular flexibility index (Phi) is 5.00. The molecule has 0 saturated heterocycles. The highest BCUT2D eigenvalue weighted by Gasteiger charge is 2.22. The Labute approximate surface area is 110 Å². The molecule has 1 unspecified atom stereocenters. The Morgan fingerprint density at radius 1 is 1.33 bits per heavy atom. The fraction of sp³-hybridized carbons (Fsp3) is 0.667. The van der Waals surface area contributed by atoms with Crippen LogP contribution in [0, 0.1) is 5.92 Å². The molecule has 1 saturated carbocycles. The molecule has 18 heavy (non-hydrogen) atoms. The maximum atomic E-state index is 6.02. The molecule has 1 heterocycles. The molecule has 0 spiro atoms. The van der Waals surface area contributed by atoms with Gasteiger partial charge in [-0.2, -0.15) is 0 Å². The molecular formula is C15H25N3. The van der Waals surface area contributed by atoms with Crippen LogP contribution in [-0.4, -0.2) is 18.1 Å². The van der Waals surface area contributed by atoms with E-state index in [9.17, 15) is 0 Å². The van der Waals surface area contributed by atoms with E-state index in [1.165, 1.54) is 44.1 Å². The summed E-state index contributed by atoms with van der Waals surface area (Å²) >= 11 is 0.